The zero-order valence-corrected chi connectivity index (χ0v) is 7.20. The average molecular weight is 166 g/mol. The minimum absolute atomic E-state index is 0.237. The van der Waals surface area contributed by atoms with Crippen LogP contribution in [0.25, 0.3) is 0 Å². The first-order valence-corrected chi connectivity index (χ1v) is 4.11. The number of aromatic nitrogens is 1. The lowest BCUT2D eigenvalue weighted by Crippen LogP contribution is -2.09. The zero-order chi connectivity index (χ0) is 8.81. The van der Waals surface area contributed by atoms with Gasteiger partial charge in [0, 0.05) is 24.6 Å². The van der Waals surface area contributed by atoms with E-state index in [0.29, 0.717) is 0 Å². The quantitative estimate of drug-likeness (QED) is 0.708. The van der Waals surface area contributed by atoms with Crippen LogP contribution in [0, 0.1) is 0 Å². The molecule has 3 heteroatoms. The Bertz CT molecular complexity index is 211. The molecule has 0 bridgehead atoms. The van der Waals surface area contributed by atoms with Gasteiger partial charge >= 0.3 is 0 Å². The van der Waals surface area contributed by atoms with E-state index in [1.54, 1.807) is 19.3 Å². The number of hydrogen-bond acceptors (Lipinski definition) is 3. The fourth-order valence-electron chi connectivity index (χ4n) is 0.895. The monoisotopic (exact) mass is 166 g/mol. The number of rotatable bonds is 4. The molecule has 1 aromatic rings. The Hall–Kier alpha value is -1.09. The highest BCUT2D eigenvalue weighted by molar-refractivity contribution is 5.40. The molecule has 1 aromatic heterocycles. The molecular weight excluding hydrogens is 152 g/mol. The largest absolute Gasteiger partial charge is 0.393 e. The molecule has 0 saturated heterocycles. The predicted molar refractivity (Wildman–Crippen MR) is 49.0 cm³/mol. The average Bonchev–Trinajstić information content (AvgIpc) is 2.05. The van der Waals surface area contributed by atoms with Gasteiger partial charge in [0.1, 0.15) is 0 Å². The summed E-state index contributed by atoms with van der Waals surface area (Å²) in [5.74, 6) is 0. The molecule has 1 unspecified atom stereocenters. The van der Waals surface area contributed by atoms with E-state index < -0.39 is 0 Å². The van der Waals surface area contributed by atoms with E-state index in [-0.39, 0.29) is 6.10 Å². The van der Waals surface area contributed by atoms with Crippen LogP contribution in [-0.2, 0) is 0 Å². The van der Waals surface area contributed by atoms with Crippen molar-refractivity contribution in [3.05, 3.63) is 24.5 Å². The number of aliphatic hydroxyl groups excluding tert-OH is 1. The molecule has 0 aliphatic rings. The topological polar surface area (TPSA) is 45.1 Å². The molecule has 0 saturated carbocycles. The van der Waals surface area contributed by atoms with E-state index in [1.807, 2.05) is 12.1 Å². The highest BCUT2D eigenvalue weighted by atomic mass is 16.3. The van der Waals surface area contributed by atoms with Gasteiger partial charge in [0.25, 0.3) is 0 Å². The summed E-state index contributed by atoms with van der Waals surface area (Å²) in [6.07, 6.45) is 4.01. The van der Waals surface area contributed by atoms with Crippen LogP contribution < -0.4 is 5.32 Å². The van der Waals surface area contributed by atoms with Crippen LogP contribution in [-0.4, -0.2) is 22.7 Å². The molecule has 0 amide bonds. The Balaban J connectivity index is 2.25. The van der Waals surface area contributed by atoms with Crippen LogP contribution >= 0.6 is 0 Å². The van der Waals surface area contributed by atoms with Crippen LogP contribution in [0.5, 0.6) is 0 Å². The van der Waals surface area contributed by atoms with Crippen molar-refractivity contribution >= 4 is 5.69 Å². The summed E-state index contributed by atoms with van der Waals surface area (Å²) in [4.78, 5) is 3.90. The third-order valence-corrected chi connectivity index (χ3v) is 1.57. The Morgan fingerprint density at radius 2 is 2.17 bits per heavy atom. The molecule has 0 aliphatic carbocycles. The van der Waals surface area contributed by atoms with Crippen molar-refractivity contribution in [1.82, 2.24) is 4.98 Å². The fourth-order valence-corrected chi connectivity index (χ4v) is 0.895. The van der Waals surface area contributed by atoms with E-state index >= 15 is 0 Å². The number of hydrogen-bond donors (Lipinski definition) is 2. The molecule has 0 aromatic carbocycles. The first kappa shape index (κ1) is 9.00. The highest BCUT2D eigenvalue weighted by Crippen LogP contribution is 2.03. The van der Waals surface area contributed by atoms with Gasteiger partial charge in [-0.05, 0) is 25.5 Å². The maximum Gasteiger partial charge on any atom is 0.0528 e. The Labute approximate surface area is 72.5 Å². The van der Waals surface area contributed by atoms with Crippen LogP contribution in [0.4, 0.5) is 5.69 Å². The van der Waals surface area contributed by atoms with Crippen LogP contribution in [0.1, 0.15) is 13.3 Å². The van der Waals surface area contributed by atoms with Crippen molar-refractivity contribution in [2.24, 2.45) is 0 Å². The third-order valence-electron chi connectivity index (χ3n) is 1.57. The van der Waals surface area contributed by atoms with Crippen molar-refractivity contribution in [2.75, 3.05) is 11.9 Å². The molecule has 0 fully saturated rings. The van der Waals surface area contributed by atoms with E-state index in [9.17, 15) is 0 Å². The standard InChI is InChI=1S/C9H14N2O/c1-8(12)2-7-11-9-3-5-10-6-4-9/h3-6,8,12H,2,7H2,1H3,(H,10,11). The van der Waals surface area contributed by atoms with Crippen molar-refractivity contribution in [1.29, 1.82) is 0 Å². The minimum Gasteiger partial charge on any atom is -0.393 e. The smallest absolute Gasteiger partial charge is 0.0528 e. The lowest BCUT2D eigenvalue weighted by atomic mass is 10.3. The van der Waals surface area contributed by atoms with Crippen molar-refractivity contribution < 1.29 is 5.11 Å². The van der Waals surface area contributed by atoms with Crippen LogP contribution in [0.2, 0.25) is 0 Å². The summed E-state index contributed by atoms with van der Waals surface area (Å²) in [5.41, 5.74) is 1.05. The van der Waals surface area contributed by atoms with Crippen molar-refractivity contribution in [3.8, 4) is 0 Å². The van der Waals surface area contributed by atoms with Gasteiger partial charge in [-0.25, -0.2) is 0 Å². The maximum atomic E-state index is 8.98. The SMILES string of the molecule is CC(O)CCNc1ccncc1. The molecule has 2 N–H and O–H groups in total. The fraction of sp³-hybridized carbons (Fsp3) is 0.444. The Morgan fingerprint density at radius 1 is 1.50 bits per heavy atom. The number of anilines is 1. The Kier molecular flexibility index (Phi) is 3.54. The third kappa shape index (κ3) is 3.34. The van der Waals surface area contributed by atoms with E-state index in [2.05, 4.69) is 10.3 Å². The molecule has 1 heterocycles. The predicted octanol–water partition coefficient (Wildman–Crippen LogP) is 1.26. The molecule has 0 radical (unpaired) electrons. The second-order valence-corrected chi connectivity index (χ2v) is 2.80. The van der Waals surface area contributed by atoms with Gasteiger partial charge < -0.3 is 10.4 Å². The van der Waals surface area contributed by atoms with Gasteiger partial charge in [-0.15, -0.1) is 0 Å². The number of pyridine rings is 1. The molecule has 1 atom stereocenters. The molecule has 3 nitrogen and oxygen atoms in total. The second kappa shape index (κ2) is 4.72. The number of nitrogens with zero attached hydrogens (tertiary/aromatic N) is 1. The van der Waals surface area contributed by atoms with Crippen molar-refractivity contribution in [2.45, 2.75) is 19.4 Å². The lowest BCUT2D eigenvalue weighted by Gasteiger charge is -2.06. The van der Waals surface area contributed by atoms with Gasteiger partial charge in [-0.3, -0.25) is 4.98 Å². The van der Waals surface area contributed by atoms with Gasteiger partial charge in [0.2, 0.25) is 0 Å². The zero-order valence-electron chi connectivity index (χ0n) is 7.20. The van der Waals surface area contributed by atoms with Crippen LogP contribution in [0.15, 0.2) is 24.5 Å². The van der Waals surface area contributed by atoms with E-state index in [4.69, 9.17) is 5.11 Å². The lowest BCUT2D eigenvalue weighted by molar-refractivity contribution is 0.189. The van der Waals surface area contributed by atoms with Gasteiger partial charge in [0.15, 0.2) is 0 Å². The molecule has 0 aliphatic heterocycles. The molecule has 1 rings (SSSR count). The molecule has 0 spiro atoms. The Morgan fingerprint density at radius 3 is 2.75 bits per heavy atom. The van der Waals surface area contributed by atoms with Crippen LogP contribution in [0.3, 0.4) is 0 Å². The molecular formula is C9H14N2O. The minimum atomic E-state index is -0.237. The highest BCUT2D eigenvalue weighted by Gasteiger charge is 1.94. The summed E-state index contributed by atoms with van der Waals surface area (Å²) in [7, 11) is 0. The van der Waals surface area contributed by atoms with Gasteiger partial charge in [0.05, 0.1) is 6.10 Å². The normalized spacial score (nSPS) is 12.5. The summed E-state index contributed by atoms with van der Waals surface area (Å²) < 4.78 is 0. The summed E-state index contributed by atoms with van der Waals surface area (Å²) in [6, 6.07) is 3.81. The van der Waals surface area contributed by atoms with Crippen molar-refractivity contribution in [3.63, 3.8) is 0 Å². The second-order valence-electron chi connectivity index (χ2n) is 2.80. The first-order valence-electron chi connectivity index (χ1n) is 4.11. The summed E-state index contributed by atoms with van der Waals surface area (Å²) in [6.45, 7) is 2.58. The summed E-state index contributed by atoms with van der Waals surface area (Å²) in [5, 5.41) is 12.2. The summed E-state index contributed by atoms with van der Waals surface area (Å²) >= 11 is 0. The van der Waals surface area contributed by atoms with E-state index in [1.165, 1.54) is 0 Å². The van der Waals surface area contributed by atoms with Gasteiger partial charge in [-0.2, -0.15) is 0 Å². The molecule has 12 heavy (non-hydrogen) atoms. The van der Waals surface area contributed by atoms with Gasteiger partial charge in [-0.1, -0.05) is 0 Å². The number of nitrogens with one attached hydrogen (secondary N) is 1. The maximum absolute atomic E-state index is 8.98. The number of aliphatic hydroxyl groups is 1. The first-order chi connectivity index (χ1) is 5.79. The van der Waals surface area contributed by atoms with E-state index in [0.717, 1.165) is 18.7 Å². The molecule has 66 valence electrons.